The zero-order valence-electron chi connectivity index (χ0n) is 11.7. The number of likely N-dealkylation sites (N-methyl/N-ethyl adjacent to an activating group) is 2. The van der Waals surface area contributed by atoms with Crippen molar-refractivity contribution < 1.29 is 4.79 Å². The van der Waals surface area contributed by atoms with Gasteiger partial charge in [0.25, 0.3) is 0 Å². The van der Waals surface area contributed by atoms with Gasteiger partial charge in [0, 0.05) is 18.8 Å². The average Bonchev–Trinajstić information content (AvgIpc) is 2.31. The van der Waals surface area contributed by atoms with E-state index in [-0.39, 0.29) is 5.91 Å². The van der Waals surface area contributed by atoms with Crippen molar-refractivity contribution in [2.75, 3.05) is 39.0 Å². The van der Waals surface area contributed by atoms with Gasteiger partial charge in [0.1, 0.15) is 0 Å². The number of amides is 1. The van der Waals surface area contributed by atoms with Gasteiger partial charge in [0.05, 0.1) is 6.54 Å². The normalized spacial score (nSPS) is 10.7. The second-order valence-corrected chi connectivity index (χ2v) is 4.69. The summed E-state index contributed by atoms with van der Waals surface area (Å²) in [6, 6.07) is 5.96. The highest BCUT2D eigenvalue weighted by molar-refractivity contribution is 5.92. The van der Waals surface area contributed by atoms with Crippen molar-refractivity contribution in [2.24, 2.45) is 0 Å². The van der Waals surface area contributed by atoms with Crippen molar-refractivity contribution in [3.8, 4) is 0 Å². The number of hydrogen-bond donors (Lipinski definition) is 2. The minimum Gasteiger partial charge on any atom is -0.325 e. The van der Waals surface area contributed by atoms with Crippen LogP contribution in [0.2, 0.25) is 0 Å². The largest absolute Gasteiger partial charge is 0.325 e. The third kappa shape index (κ3) is 4.85. The molecule has 0 aliphatic heterocycles. The number of carbonyl (C=O) groups is 1. The lowest BCUT2D eigenvalue weighted by atomic mass is 10.1. The minimum atomic E-state index is 0.0249. The van der Waals surface area contributed by atoms with Crippen LogP contribution in [0.1, 0.15) is 11.1 Å². The Hall–Kier alpha value is -1.39. The molecule has 0 aliphatic rings. The molecule has 0 spiro atoms. The predicted octanol–water partition coefficient (Wildman–Crippen LogP) is 1.39. The number of carbonyl (C=O) groups excluding carboxylic acids is 1. The topological polar surface area (TPSA) is 44.4 Å². The summed E-state index contributed by atoms with van der Waals surface area (Å²) in [5, 5.41) is 5.98. The summed E-state index contributed by atoms with van der Waals surface area (Å²) in [4.78, 5) is 13.8. The van der Waals surface area contributed by atoms with E-state index in [0.29, 0.717) is 6.54 Å². The Kier molecular flexibility index (Phi) is 5.82. The van der Waals surface area contributed by atoms with Crippen molar-refractivity contribution in [3.63, 3.8) is 0 Å². The maximum Gasteiger partial charge on any atom is 0.238 e. The van der Waals surface area contributed by atoms with Gasteiger partial charge in [-0.3, -0.25) is 9.69 Å². The Bertz CT molecular complexity index is 404. The first-order valence-corrected chi connectivity index (χ1v) is 6.23. The Morgan fingerprint density at radius 3 is 2.61 bits per heavy atom. The summed E-state index contributed by atoms with van der Waals surface area (Å²) >= 11 is 0. The monoisotopic (exact) mass is 249 g/mol. The fourth-order valence-electron chi connectivity index (χ4n) is 1.65. The first kappa shape index (κ1) is 14.7. The smallest absolute Gasteiger partial charge is 0.238 e. The van der Waals surface area contributed by atoms with E-state index in [1.807, 2.05) is 44.1 Å². The van der Waals surface area contributed by atoms with Crippen LogP contribution in [-0.2, 0) is 4.79 Å². The van der Waals surface area contributed by atoms with E-state index in [9.17, 15) is 4.79 Å². The number of aryl methyl sites for hydroxylation is 2. The van der Waals surface area contributed by atoms with Gasteiger partial charge < -0.3 is 10.6 Å². The molecule has 0 aromatic heterocycles. The molecule has 0 radical (unpaired) electrons. The van der Waals surface area contributed by atoms with Crippen molar-refractivity contribution in [1.82, 2.24) is 10.2 Å². The van der Waals surface area contributed by atoms with E-state index >= 15 is 0 Å². The molecule has 4 nitrogen and oxygen atoms in total. The van der Waals surface area contributed by atoms with Crippen molar-refractivity contribution in [2.45, 2.75) is 13.8 Å². The number of nitrogens with one attached hydrogen (secondary N) is 2. The van der Waals surface area contributed by atoms with Gasteiger partial charge in [-0.15, -0.1) is 0 Å². The quantitative estimate of drug-likeness (QED) is 0.801. The third-order valence-corrected chi connectivity index (χ3v) is 2.95. The van der Waals surface area contributed by atoms with Gasteiger partial charge in [-0.25, -0.2) is 0 Å². The van der Waals surface area contributed by atoms with Gasteiger partial charge in [0.2, 0.25) is 5.91 Å². The molecule has 0 aliphatic carbocycles. The SMILES string of the molecule is CNCCN(C)CC(=O)Nc1ccc(C)c(C)c1. The van der Waals surface area contributed by atoms with Crippen LogP contribution >= 0.6 is 0 Å². The van der Waals surface area contributed by atoms with Gasteiger partial charge in [0.15, 0.2) is 0 Å². The van der Waals surface area contributed by atoms with Crippen molar-refractivity contribution in [1.29, 1.82) is 0 Å². The predicted molar refractivity (Wildman–Crippen MR) is 76.0 cm³/mol. The molecule has 1 amide bonds. The highest BCUT2D eigenvalue weighted by Crippen LogP contribution is 2.13. The molecule has 0 saturated heterocycles. The highest BCUT2D eigenvalue weighted by Gasteiger charge is 2.06. The van der Waals surface area contributed by atoms with Crippen LogP contribution in [0, 0.1) is 13.8 Å². The molecule has 2 N–H and O–H groups in total. The average molecular weight is 249 g/mol. The van der Waals surface area contributed by atoms with Gasteiger partial charge >= 0.3 is 0 Å². The number of anilines is 1. The lowest BCUT2D eigenvalue weighted by Gasteiger charge is -2.16. The molecular formula is C14H23N3O. The summed E-state index contributed by atoms with van der Waals surface area (Å²) in [5.41, 5.74) is 3.29. The summed E-state index contributed by atoms with van der Waals surface area (Å²) in [7, 11) is 3.85. The second-order valence-electron chi connectivity index (χ2n) is 4.69. The van der Waals surface area contributed by atoms with Crippen LogP contribution < -0.4 is 10.6 Å². The minimum absolute atomic E-state index is 0.0249. The molecule has 0 atom stereocenters. The molecule has 0 saturated carbocycles. The maximum atomic E-state index is 11.8. The number of hydrogen-bond acceptors (Lipinski definition) is 3. The number of benzene rings is 1. The standard InChI is InChI=1S/C14H23N3O/c1-11-5-6-13(9-12(11)2)16-14(18)10-17(4)8-7-15-3/h5-6,9,15H,7-8,10H2,1-4H3,(H,16,18). The Labute approximate surface area is 109 Å². The molecule has 0 fully saturated rings. The molecule has 0 heterocycles. The Morgan fingerprint density at radius 1 is 1.28 bits per heavy atom. The summed E-state index contributed by atoms with van der Waals surface area (Å²) in [6.45, 7) is 6.26. The lowest BCUT2D eigenvalue weighted by molar-refractivity contribution is -0.117. The van der Waals surface area contributed by atoms with Crippen LogP contribution in [0.5, 0.6) is 0 Å². The maximum absolute atomic E-state index is 11.8. The van der Waals surface area contributed by atoms with Crippen molar-refractivity contribution >= 4 is 11.6 Å². The van der Waals surface area contributed by atoms with E-state index in [1.165, 1.54) is 11.1 Å². The fourth-order valence-corrected chi connectivity index (χ4v) is 1.65. The van der Waals surface area contributed by atoms with Crippen LogP contribution in [0.25, 0.3) is 0 Å². The Morgan fingerprint density at radius 2 is 2.00 bits per heavy atom. The molecule has 1 aromatic carbocycles. The van der Waals surface area contributed by atoms with Crippen molar-refractivity contribution in [3.05, 3.63) is 29.3 Å². The van der Waals surface area contributed by atoms with Crippen LogP contribution in [-0.4, -0.2) is 44.5 Å². The zero-order valence-corrected chi connectivity index (χ0v) is 11.7. The zero-order chi connectivity index (χ0) is 13.5. The molecule has 4 heteroatoms. The van der Waals surface area contributed by atoms with E-state index in [2.05, 4.69) is 17.6 Å². The second kappa shape index (κ2) is 7.13. The van der Waals surface area contributed by atoms with Gasteiger partial charge in [-0.05, 0) is 51.2 Å². The van der Waals surface area contributed by atoms with E-state index in [1.54, 1.807) is 0 Å². The summed E-state index contributed by atoms with van der Waals surface area (Å²) in [5.74, 6) is 0.0249. The Balaban J connectivity index is 2.46. The number of rotatable bonds is 6. The van der Waals surface area contributed by atoms with Gasteiger partial charge in [-0.1, -0.05) is 6.07 Å². The lowest BCUT2D eigenvalue weighted by Crippen LogP contribution is -2.34. The molecule has 0 bridgehead atoms. The van der Waals surface area contributed by atoms with Crippen LogP contribution in [0.15, 0.2) is 18.2 Å². The third-order valence-electron chi connectivity index (χ3n) is 2.95. The molecule has 1 rings (SSSR count). The van der Waals surface area contributed by atoms with E-state index < -0.39 is 0 Å². The molecule has 100 valence electrons. The summed E-state index contributed by atoms with van der Waals surface area (Å²) < 4.78 is 0. The van der Waals surface area contributed by atoms with E-state index in [0.717, 1.165) is 18.8 Å². The molecule has 1 aromatic rings. The number of nitrogens with zero attached hydrogens (tertiary/aromatic N) is 1. The fraction of sp³-hybridized carbons (Fsp3) is 0.500. The summed E-state index contributed by atoms with van der Waals surface area (Å²) in [6.07, 6.45) is 0. The van der Waals surface area contributed by atoms with E-state index in [4.69, 9.17) is 0 Å². The first-order chi connectivity index (χ1) is 8.52. The highest BCUT2D eigenvalue weighted by atomic mass is 16.2. The van der Waals surface area contributed by atoms with Crippen LogP contribution in [0.4, 0.5) is 5.69 Å². The molecule has 0 unspecified atom stereocenters. The first-order valence-electron chi connectivity index (χ1n) is 6.23. The molecular weight excluding hydrogens is 226 g/mol. The van der Waals surface area contributed by atoms with Crippen LogP contribution in [0.3, 0.4) is 0 Å². The molecule has 18 heavy (non-hydrogen) atoms. The van der Waals surface area contributed by atoms with Gasteiger partial charge in [-0.2, -0.15) is 0 Å².